The zero-order valence-corrected chi connectivity index (χ0v) is 19.4. The first-order valence-electron chi connectivity index (χ1n) is 11.1. The molecule has 3 aromatic rings. The van der Waals surface area contributed by atoms with Gasteiger partial charge in [0, 0.05) is 12.5 Å². The molecule has 34 heavy (non-hydrogen) atoms. The fraction of sp³-hybridized carbons (Fsp3) is 0.250. The third-order valence-corrected chi connectivity index (χ3v) is 5.35. The van der Waals surface area contributed by atoms with Crippen molar-refractivity contribution in [3.63, 3.8) is 0 Å². The smallest absolute Gasteiger partial charge is 0.314 e. The second-order valence-corrected chi connectivity index (χ2v) is 7.84. The number of methoxy groups -OCH3 is 1. The number of carbonyl (C=O) groups excluding carboxylic acids is 3. The van der Waals surface area contributed by atoms with Crippen LogP contribution < -0.4 is 4.74 Å². The molecule has 0 saturated carbocycles. The second kappa shape index (κ2) is 12.5. The van der Waals surface area contributed by atoms with E-state index in [1.165, 1.54) is 0 Å². The first kappa shape index (κ1) is 24.9. The maximum Gasteiger partial charge on any atom is 0.314 e. The van der Waals surface area contributed by atoms with Crippen LogP contribution in [0.2, 0.25) is 0 Å². The van der Waals surface area contributed by atoms with Gasteiger partial charge >= 0.3 is 11.9 Å². The zero-order chi connectivity index (χ0) is 24.3. The van der Waals surface area contributed by atoms with E-state index in [1.807, 2.05) is 54.6 Å². The van der Waals surface area contributed by atoms with E-state index in [4.69, 9.17) is 9.47 Å². The van der Waals surface area contributed by atoms with Crippen LogP contribution in [0, 0.1) is 0 Å². The first-order chi connectivity index (χ1) is 16.5. The van der Waals surface area contributed by atoms with Crippen molar-refractivity contribution >= 4 is 17.7 Å². The zero-order valence-electron chi connectivity index (χ0n) is 19.4. The van der Waals surface area contributed by atoms with E-state index in [2.05, 4.69) is 4.74 Å². The molecule has 1 unspecified atom stereocenters. The summed E-state index contributed by atoms with van der Waals surface area (Å²) in [7, 11) is 1.55. The molecule has 0 aliphatic rings. The summed E-state index contributed by atoms with van der Waals surface area (Å²) in [6.07, 6.45) is 0.487. The Hall–Kier alpha value is -3.77. The SMILES string of the molecule is COc1ccc(C(=O)C(CC(=O)OC(C)=O)c2ccc(CCOCc3ccccc3)cc2)cc1. The average Bonchev–Trinajstić information content (AvgIpc) is 2.85. The van der Waals surface area contributed by atoms with Crippen molar-refractivity contribution in [2.24, 2.45) is 0 Å². The Morgan fingerprint density at radius 3 is 2.12 bits per heavy atom. The largest absolute Gasteiger partial charge is 0.497 e. The van der Waals surface area contributed by atoms with Gasteiger partial charge in [-0.15, -0.1) is 0 Å². The second-order valence-electron chi connectivity index (χ2n) is 7.84. The number of rotatable bonds is 11. The van der Waals surface area contributed by atoms with Crippen molar-refractivity contribution < 1.29 is 28.6 Å². The lowest BCUT2D eigenvalue weighted by atomic mass is 9.87. The van der Waals surface area contributed by atoms with Gasteiger partial charge in [-0.25, -0.2) is 0 Å². The molecular weight excluding hydrogens is 432 g/mol. The monoisotopic (exact) mass is 460 g/mol. The molecule has 0 heterocycles. The van der Waals surface area contributed by atoms with E-state index in [-0.39, 0.29) is 12.2 Å². The molecule has 0 aliphatic heterocycles. The summed E-state index contributed by atoms with van der Waals surface area (Å²) >= 11 is 0. The molecule has 0 fully saturated rings. The van der Waals surface area contributed by atoms with Crippen molar-refractivity contribution in [3.05, 3.63) is 101 Å². The van der Waals surface area contributed by atoms with E-state index in [9.17, 15) is 14.4 Å². The number of benzene rings is 3. The predicted molar refractivity (Wildman–Crippen MR) is 128 cm³/mol. The Morgan fingerprint density at radius 1 is 0.824 bits per heavy atom. The molecule has 3 aromatic carbocycles. The number of esters is 2. The summed E-state index contributed by atoms with van der Waals surface area (Å²) in [6, 6.07) is 24.2. The number of ketones is 1. The minimum atomic E-state index is -0.774. The molecule has 0 N–H and O–H groups in total. The normalized spacial score (nSPS) is 11.5. The quantitative estimate of drug-likeness (QED) is 0.175. The summed E-state index contributed by atoms with van der Waals surface area (Å²) in [4.78, 5) is 36.6. The molecule has 0 bridgehead atoms. The van der Waals surface area contributed by atoms with Crippen LogP contribution in [-0.4, -0.2) is 31.4 Å². The fourth-order valence-corrected chi connectivity index (χ4v) is 3.56. The Labute approximate surface area is 199 Å². The minimum absolute atomic E-state index is 0.232. The van der Waals surface area contributed by atoms with Crippen molar-refractivity contribution in [2.75, 3.05) is 13.7 Å². The van der Waals surface area contributed by atoms with Gasteiger partial charge in [-0.3, -0.25) is 14.4 Å². The summed E-state index contributed by atoms with van der Waals surface area (Å²) in [5, 5.41) is 0. The number of hydrogen-bond donors (Lipinski definition) is 0. The first-order valence-corrected chi connectivity index (χ1v) is 11.1. The van der Waals surface area contributed by atoms with Gasteiger partial charge in [0.2, 0.25) is 0 Å². The predicted octanol–water partition coefficient (Wildman–Crippen LogP) is 4.90. The lowest BCUT2D eigenvalue weighted by Crippen LogP contribution is -2.20. The van der Waals surface area contributed by atoms with Gasteiger partial charge in [-0.1, -0.05) is 54.6 Å². The molecule has 0 aliphatic carbocycles. The maximum absolute atomic E-state index is 13.2. The van der Waals surface area contributed by atoms with Gasteiger partial charge in [0.05, 0.1) is 32.7 Å². The Bertz CT molecular complexity index is 1090. The molecule has 0 spiro atoms. The number of carbonyl (C=O) groups is 3. The van der Waals surface area contributed by atoms with Gasteiger partial charge in [0.1, 0.15) is 5.75 Å². The average molecular weight is 461 g/mol. The number of hydrogen-bond acceptors (Lipinski definition) is 6. The molecular formula is C28H28O6. The van der Waals surface area contributed by atoms with Crippen LogP contribution in [0.15, 0.2) is 78.9 Å². The molecule has 1 atom stereocenters. The van der Waals surface area contributed by atoms with Crippen LogP contribution in [0.3, 0.4) is 0 Å². The molecule has 6 nitrogen and oxygen atoms in total. The summed E-state index contributed by atoms with van der Waals surface area (Å²) < 4.78 is 15.6. The van der Waals surface area contributed by atoms with Gasteiger partial charge in [-0.05, 0) is 47.4 Å². The van der Waals surface area contributed by atoms with Gasteiger partial charge in [0.15, 0.2) is 5.78 Å². The molecule has 0 amide bonds. The standard InChI is InChI=1S/C28H28O6/c1-20(29)34-27(30)18-26(28(31)24-12-14-25(32-2)15-13-24)23-10-8-21(9-11-23)16-17-33-19-22-6-4-3-5-7-22/h3-15,26H,16-19H2,1-2H3. The highest BCUT2D eigenvalue weighted by molar-refractivity contribution is 6.03. The lowest BCUT2D eigenvalue weighted by Gasteiger charge is -2.16. The molecule has 0 saturated heterocycles. The minimum Gasteiger partial charge on any atom is -0.497 e. The van der Waals surface area contributed by atoms with Crippen molar-refractivity contribution in [1.29, 1.82) is 0 Å². The van der Waals surface area contributed by atoms with Crippen LogP contribution in [0.4, 0.5) is 0 Å². The molecule has 6 heteroatoms. The van der Waals surface area contributed by atoms with E-state index in [1.54, 1.807) is 31.4 Å². The van der Waals surface area contributed by atoms with Crippen LogP contribution in [0.1, 0.15) is 46.3 Å². The van der Waals surface area contributed by atoms with Gasteiger partial charge < -0.3 is 14.2 Å². The lowest BCUT2D eigenvalue weighted by molar-refractivity contribution is -0.158. The Morgan fingerprint density at radius 2 is 1.50 bits per heavy atom. The van der Waals surface area contributed by atoms with Crippen LogP contribution >= 0.6 is 0 Å². The highest BCUT2D eigenvalue weighted by Gasteiger charge is 2.26. The summed E-state index contributed by atoms with van der Waals surface area (Å²) in [5.41, 5.74) is 3.30. The van der Waals surface area contributed by atoms with Crippen LogP contribution in [0.25, 0.3) is 0 Å². The van der Waals surface area contributed by atoms with Crippen molar-refractivity contribution in [1.82, 2.24) is 0 Å². The van der Waals surface area contributed by atoms with Crippen molar-refractivity contribution in [2.45, 2.75) is 32.3 Å². The highest BCUT2D eigenvalue weighted by Crippen LogP contribution is 2.27. The van der Waals surface area contributed by atoms with E-state index >= 15 is 0 Å². The Balaban J connectivity index is 1.68. The van der Waals surface area contributed by atoms with E-state index in [0.717, 1.165) is 24.5 Å². The molecule has 0 aromatic heterocycles. The summed E-state index contributed by atoms with van der Waals surface area (Å²) in [6.45, 7) is 2.27. The van der Waals surface area contributed by atoms with E-state index in [0.29, 0.717) is 30.1 Å². The van der Waals surface area contributed by atoms with Gasteiger partial charge in [-0.2, -0.15) is 0 Å². The molecule has 0 radical (unpaired) electrons. The fourth-order valence-electron chi connectivity index (χ4n) is 3.56. The third kappa shape index (κ3) is 7.39. The van der Waals surface area contributed by atoms with Crippen LogP contribution in [0.5, 0.6) is 5.75 Å². The van der Waals surface area contributed by atoms with Crippen LogP contribution in [-0.2, 0) is 32.1 Å². The molecule has 176 valence electrons. The molecule has 3 rings (SSSR count). The van der Waals surface area contributed by atoms with Crippen molar-refractivity contribution in [3.8, 4) is 5.75 Å². The summed E-state index contributed by atoms with van der Waals surface area (Å²) in [5.74, 6) is -1.82. The maximum atomic E-state index is 13.2. The van der Waals surface area contributed by atoms with Gasteiger partial charge in [0.25, 0.3) is 0 Å². The topological polar surface area (TPSA) is 78.9 Å². The third-order valence-electron chi connectivity index (χ3n) is 5.35. The number of ether oxygens (including phenoxy) is 3. The highest BCUT2D eigenvalue weighted by atomic mass is 16.6. The van der Waals surface area contributed by atoms with E-state index < -0.39 is 17.9 Å². The Kier molecular flexibility index (Phi) is 9.12. The number of Topliss-reactive ketones (excluding diaryl/α,β-unsaturated/α-hetero) is 1.